The summed E-state index contributed by atoms with van der Waals surface area (Å²) in [6, 6.07) is 15.9. The quantitative estimate of drug-likeness (QED) is 0.405. The minimum Gasteiger partial charge on any atom is -0.384 e. The number of para-hydroxylation sites is 1. The zero-order chi connectivity index (χ0) is 24.1. The maximum Gasteiger partial charge on any atom is 0.332 e. The van der Waals surface area contributed by atoms with Gasteiger partial charge in [0.05, 0.1) is 24.3 Å². The van der Waals surface area contributed by atoms with Crippen LogP contribution in [0.5, 0.6) is 0 Å². The van der Waals surface area contributed by atoms with Crippen molar-refractivity contribution in [3.05, 3.63) is 91.6 Å². The van der Waals surface area contributed by atoms with Crippen molar-refractivity contribution >= 4 is 34.8 Å². The normalized spacial score (nSPS) is 11.7. The van der Waals surface area contributed by atoms with Gasteiger partial charge >= 0.3 is 5.69 Å². The molecule has 0 aliphatic carbocycles. The van der Waals surface area contributed by atoms with E-state index in [0.717, 1.165) is 10.1 Å². The molecule has 172 valence electrons. The van der Waals surface area contributed by atoms with Crippen LogP contribution in [0.3, 0.4) is 0 Å². The van der Waals surface area contributed by atoms with Crippen LogP contribution in [0.25, 0.3) is 0 Å². The minimum atomic E-state index is -0.764. The first-order valence-corrected chi connectivity index (χ1v) is 10.6. The molecule has 1 unspecified atom stereocenters. The maximum atomic E-state index is 13.0. The van der Waals surface area contributed by atoms with E-state index in [9.17, 15) is 19.2 Å². The summed E-state index contributed by atoms with van der Waals surface area (Å²) in [6.45, 7) is -0.0946. The lowest BCUT2D eigenvalue weighted by molar-refractivity contribution is -0.861. The summed E-state index contributed by atoms with van der Waals surface area (Å²) in [6.07, 6.45) is 0. The minimum absolute atomic E-state index is 0.0408. The Balaban J connectivity index is 1.79. The number of hydrogen-bond acceptors (Lipinski definition) is 5. The molecule has 10 heteroatoms. The van der Waals surface area contributed by atoms with Crippen LogP contribution in [0.1, 0.15) is 15.9 Å². The average molecular weight is 471 g/mol. The molecule has 0 aliphatic rings. The topological polar surface area (TPSA) is 121 Å². The van der Waals surface area contributed by atoms with Gasteiger partial charge < -0.3 is 16.0 Å². The van der Waals surface area contributed by atoms with Crippen molar-refractivity contribution in [2.24, 2.45) is 7.05 Å². The number of halogens is 1. The van der Waals surface area contributed by atoms with Crippen molar-refractivity contribution in [3.8, 4) is 0 Å². The van der Waals surface area contributed by atoms with Crippen molar-refractivity contribution in [1.29, 1.82) is 0 Å². The zero-order valence-corrected chi connectivity index (χ0v) is 19.1. The number of rotatable bonds is 8. The highest BCUT2D eigenvalue weighted by molar-refractivity contribution is 6.33. The summed E-state index contributed by atoms with van der Waals surface area (Å²) in [7, 11) is 2.95. The molecule has 1 heterocycles. The number of carbonyl (C=O) groups is 2. The summed E-state index contributed by atoms with van der Waals surface area (Å²) in [5, 5.41) is 3.09. The van der Waals surface area contributed by atoms with Crippen LogP contribution in [0, 0.1) is 0 Å². The summed E-state index contributed by atoms with van der Waals surface area (Å²) in [5.74, 6) is -1.09. The molecule has 33 heavy (non-hydrogen) atoms. The third-order valence-corrected chi connectivity index (χ3v) is 5.45. The first-order chi connectivity index (χ1) is 15.7. The fourth-order valence-electron chi connectivity index (χ4n) is 3.42. The van der Waals surface area contributed by atoms with Crippen molar-refractivity contribution in [3.63, 3.8) is 0 Å². The number of anilines is 2. The molecule has 0 radical (unpaired) electrons. The van der Waals surface area contributed by atoms with Crippen LogP contribution in [0.2, 0.25) is 5.02 Å². The van der Waals surface area contributed by atoms with Gasteiger partial charge in [0.1, 0.15) is 17.9 Å². The molecule has 4 N–H and O–H groups in total. The molecule has 0 saturated carbocycles. The predicted octanol–water partition coefficient (Wildman–Crippen LogP) is 0.167. The van der Waals surface area contributed by atoms with Gasteiger partial charge in [-0.25, -0.2) is 4.79 Å². The van der Waals surface area contributed by atoms with Crippen LogP contribution in [-0.4, -0.2) is 41.0 Å². The molecule has 0 spiro atoms. The van der Waals surface area contributed by atoms with E-state index in [1.54, 1.807) is 31.3 Å². The van der Waals surface area contributed by atoms with E-state index in [1.807, 2.05) is 30.3 Å². The number of amides is 1. The highest BCUT2D eigenvalue weighted by Gasteiger charge is 2.25. The SMILES string of the molecule is Cn1c(=O)c(C(=O)C[NH+](C)CC(=O)Nc2ccccc2Cl)c(N)n(Cc2ccccc2)c1=O. The standard InChI is InChI=1S/C23H24ClN5O4/c1-27(14-19(31)26-17-11-7-6-10-16(17)24)13-18(30)20-21(25)29(23(33)28(2)22(20)32)12-15-8-4-3-5-9-15/h3-11H,12-14,25H2,1-2H3,(H,26,31)/p+1. The first-order valence-electron chi connectivity index (χ1n) is 10.2. The van der Waals surface area contributed by atoms with E-state index in [-0.39, 0.29) is 36.9 Å². The lowest BCUT2D eigenvalue weighted by atomic mass is 10.1. The second kappa shape index (κ2) is 10.3. The molecular weight excluding hydrogens is 446 g/mol. The monoisotopic (exact) mass is 470 g/mol. The van der Waals surface area contributed by atoms with Crippen LogP contribution in [0.15, 0.2) is 64.2 Å². The Morgan fingerprint density at radius 3 is 2.33 bits per heavy atom. The number of quaternary nitrogens is 1. The van der Waals surface area contributed by atoms with E-state index < -0.39 is 17.0 Å². The maximum absolute atomic E-state index is 13.0. The van der Waals surface area contributed by atoms with Crippen molar-refractivity contribution in [2.75, 3.05) is 31.2 Å². The molecule has 0 fully saturated rings. The van der Waals surface area contributed by atoms with Crippen LogP contribution >= 0.6 is 11.6 Å². The number of nitrogens with two attached hydrogens (primary N) is 1. The molecule has 3 aromatic rings. The largest absolute Gasteiger partial charge is 0.384 e. The summed E-state index contributed by atoms with van der Waals surface area (Å²) in [4.78, 5) is 51.2. The van der Waals surface area contributed by atoms with Crippen LogP contribution < -0.4 is 27.2 Å². The average Bonchev–Trinajstić information content (AvgIpc) is 2.77. The number of nitrogen functional groups attached to an aromatic ring is 1. The number of hydrogen-bond donors (Lipinski definition) is 3. The van der Waals surface area contributed by atoms with Gasteiger partial charge in [-0.05, 0) is 17.7 Å². The summed E-state index contributed by atoms with van der Waals surface area (Å²) in [5.41, 5.74) is 5.74. The summed E-state index contributed by atoms with van der Waals surface area (Å²) < 4.78 is 2.06. The van der Waals surface area contributed by atoms with E-state index in [1.165, 1.54) is 11.6 Å². The number of benzene rings is 2. The number of aromatic nitrogens is 2. The first kappa shape index (κ1) is 24.0. The van der Waals surface area contributed by atoms with Gasteiger partial charge in [-0.15, -0.1) is 0 Å². The van der Waals surface area contributed by atoms with Gasteiger partial charge in [0, 0.05) is 7.05 Å². The third kappa shape index (κ3) is 5.57. The number of nitrogens with zero attached hydrogens (tertiary/aromatic N) is 2. The number of Topliss-reactive ketones (excluding diaryl/α,β-unsaturated/α-hetero) is 1. The molecule has 1 amide bonds. The van der Waals surface area contributed by atoms with Gasteiger partial charge in [0.15, 0.2) is 6.54 Å². The predicted molar refractivity (Wildman–Crippen MR) is 127 cm³/mol. The smallest absolute Gasteiger partial charge is 0.332 e. The second-order valence-corrected chi connectivity index (χ2v) is 8.15. The zero-order valence-electron chi connectivity index (χ0n) is 18.3. The third-order valence-electron chi connectivity index (χ3n) is 5.12. The van der Waals surface area contributed by atoms with E-state index in [2.05, 4.69) is 5.32 Å². The van der Waals surface area contributed by atoms with Gasteiger partial charge in [-0.3, -0.25) is 23.5 Å². The Kier molecular flexibility index (Phi) is 7.47. The Morgan fingerprint density at radius 2 is 1.67 bits per heavy atom. The lowest BCUT2D eigenvalue weighted by Crippen LogP contribution is -3.11. The Bertz CT molecular complexity index is 1300. The molecule has 1 aromatic heterocycles. The van der Waals surface area contributed by atoms with Crippen LogP contribution in [0.4, 0.5) is 11.5 Å². The fourth-order valence-corrected chi connectivity index (χ4v) is 3.60. The lowest BCUT2D eigenvalue weighted by Gasteiger charge is -2.17. The number of carbonyl (C=O) groups excluding carboxylic acids is 2. The Labute approximate surface area is 195 Å². The van der Waals surface area contributed by atoms with E-state index in [0.29, 0.717) is 15.6 Å². The van der Waals surface area contributed by atoms with E-state index in [4.69, 9.17) is 17.3 Å². The molecular formula is C23H25ClN5O4+. The second-order valence-electron chi connectivity index (χ2n) is 7.74. The van der Waals surface area contributed by atoms with Gasteiger partial charge in [0.2, 0.25) is 5.78 Å². The van der Waals surface area contributed by atoms with Crippen molar-refractivity contribution < 1.29 is 14.5 Å². The fraction of sp³-hybridized carbons (Fsp3) is 0.217. The van der Waals surface area contributed by atoms with Crippen LogP contribution in [-0.2, 0) is 18.4 Å². The number of nitrogens with one attached hydrogen (secondary N) is 2. The number of likely N-dealkylation sites (N-methyl/N-ethyl adjacent to an activating group) is 1. The highest BCUT2D eigenvalue weighted by atomic mass is 35.5. The number of ketones is 1. The highest BCUT2D eigenvalue weighted by Crippen LogP contribution is 2.19. The Hall–Kier alpha value is -3.69. The van der Waals surface area contributed by atoms with Crippen molar-refractivity contribution in [2.45, 2.75) is 6.54 Å². The van der Waals surface area contributed by atoms with E-state index >= 15 is 0 Å². The van der Waals surface area contributed by atoms with Crippen molar-refractivity contribution in [1.82, 2.24) is 9.13 Å². The Morgan fingerprint density at radius 1 is 1.03 bits per heavy atom. The van der Waals surface area contributed by atoms with Gasteiger partial charge in [0.25, 0.3) is 11.5 Å². The molecule has 0 saturated heterocycles. The molecule has 1 atom stereocenters. The molecule has 9 nitrogen and oxygen atoms in total. The van der Waals surface area contributed by atoms with Gasteiger partial charge in [-0.1, -0.05) is 54.1 Å². The molecule has 0 aliphatic heterocycles. The summed E-state index contributed by atoms with van der Waals surface area (Å²) >= 11 is 6.05. The molecule has 0 bridgehead atoms. The van der Waals surface area contributed by atoms with Gasteiger partial charge in [-0.2, -0.15) is 0 Å². The molecule has 2 aromatic carbocycles. The molecule has 3 rings (SSSR count).